The van der Waals surface area contributed by atoms with Crippen LogP contribution in [0.15, 0.2) is 5.11 Å². The minimum Gasteiger partial charge on any atom is -0.396 e. The van der Waals surface area contributed by atoms with E-state index < -0.39 is 0 Å². The third-order valence-electron chi connectivity index (χ3n) is 5.02. The molecule has 0 aromatic heterocycles. The van der Waals surface area contributed by atoms with Crippen LogP contribution < -0.4 is 0 Å². The Balaban J connectivity index is 2.98. The van der Waals surface area contributed by atoms with Crippen molar-refractivity contribution in [3.05, 3.63) is 10.4 Å². The zero-order valence-electron chi connectivity index (χ0n) is 18.2. The molecule has 0 aromatic rings. The molecule has 0 radical (unpaired) electrons. The molecule has 0 aliphatic heterocycles. The smallest absolute Gasteiger partial charge is 0.0431 e. The van der Waals surface area contributed by atoms with E-state index in [1.807, 2.05) is 0 Å². The van der Waals surface area contributed by atoms with E-state index in [2.05, 4.69) is 31.6 Å². The summed E-state index contributed by atoms with van der Waals surface area (Å²) in [6.45, 7) is 1.03. The van der Waals surface area contributed by atoms with Crippen molar-refractivity contribution in [1.82, 2.24) is 0 Å². The van der Waals surface area contributed by atoms with Gasteiger partial charge < -0.3 is 5.11 Å². The van der Waals surface area contributed by atoms with Crippen LogP contribution in [0.5, 0.6) is 0 Å². The number of rotatable bonds is 24. The summed E-state index contributed by atoms with van der Waals surface area (Å²) in [6, 6.07) is 0. The Kier molecular flexibility index (Phi) is 26.9. The topological polar surface area (TPSA) is 69.0 Å². The highest BCUT2D eigenvalue weighted by Gasteiger charge is 1.96. The second kappa shape index (κ2) is 27.0. The molecular formula is C22H45N3OS2. The number of nitrogens with zero attached hydrogens (tertiary/aromatic N) is 3. The van der Waals surface area contributed by atoms with E-state index in [4.69, 9.17) is 10.6 Å². The van der Waals surface area contributed by atoms with Gasteiger partial charge in [-0.15, -0.1) is 0 Å². The van der Waals surface area contributed by atoms with Crippen molar-refractivity contribution < 1.29 is 5.11 Å². The van der Waals surface area contributed by atoms with Crippen LogP contribution in [-0.4, -0.2) is 29.8 Å². The van der Waals surface area contributed by atoms with Crippen LogP contribution in [0.2, 0.25) is 0 Å². The Bertz CT molecular complexity index is 340. The van der Waals surface area contributed by atoms with Gasteiger partial charge in [0.15, 0.2) is 0 Å². The molecule has 0 aliphatic rings. The maximum Gasteiger partial charge on any atom is 0.0431 e. The van der Waals surface area contributed by atoms with E-state index >= 15 is 0 Å². The van der Waals surface area contributed by atoms with Gasteiger partial charge in [0, 0.05) is 29.6 Å². The first-order chi connectivity index (χ1) is 13.9. The quantitative estimate of drug-likeness (QED) is 0.0546. The largest absolute Gasteiger partial charge is 0.396 e. The molecule has 0 atom stereocenters. The van der Waals surface area contributed by atoms with Gasteiger partial charge in [0.2, 0.25) is 0 Å². The monoisotopic (exact) mass is 431 g/mol. The normalized spacial score (nSPS) is 10.9. The van der Waals surface area contributed by atoms with Crippen molar-refractivity contribution >= 4 is 21.6 Å². The van der Waals surface area contributed by atoms with Crippen LogP contribution in [0.25, 0.3) is 10.4 Å². The van der Waals surface area contributed by atoms with E-state index in [0.29, 0.717) is 13.2 Å². The highest BCUT2D eigenvalue weighted by Crippen LogP contribution is 2.25. The molecule has 4 nitrogen and oxygen atoms in total. The van der Waals surface area contributed by atoms with Crippen molar-refractivity contribution in [3.8, 4) is 0 Å². The Labute approximate surface area is 182 Å². The Hall–Kier alpha value is -0.0300. The maximum atomic E-state index is 8.73. The van der Waals surface area contributed by atoms with Crippen LogP contribution in [0, 0.1) is 0 Å². The van der Waals surface area contributed by atoms with Gasteiger partial charge in [-0.1, -0.05) is 117 Å². The molecule has 0 unspecified atom stereocenters. The van der Waals surface area contributed by atoms with Gasteiger partial charge in [-0.2, -0.15) is 0 Å². The van der Waals surface area contributed by atoms with E-state index in [1.165, 1.54) is 114 Å². The number of unbranched alkanes of at least 4 members (excludes halogenated alkanes) is 16. The van der Waals surface area contributed by atoms with Crippen molar-refractivity contribution in [3.63, 3.8) is 0 Å². The van der Waals surface area contributed by atoms with Gasteiger partial charge in [-0.05, 0) is 31.2 Å². The highest BCUT2D eigenvalue weighted by molar-refractivity contribution is 8.76. The molecule has 0 amide bonds. The maximum absolute atomic E-state index is 8.73. The number of aliphatic hydroxyl groups excluding tert-OH is 1. The average Bonchev–Trinajstić information content (AvgIpc) is 2.71. The Morgan fingerprint density at radius 1 is 0.536 bits per heavy atom. The lowest BCUT2D eigenvalue weighted by molar-refractivity contribution is 0.282. The summed E-state index contributed by atoms with van der Waals surface area (Å²) in [4.78, 5) is 2.78. The third kappa shape index (κ3) is 26.0. The second-order valence-electron chi connectivity index (χ2n) is 7.69. The van der Waals surface area contributed by atoms with E-state index in [0.717, 1.165) is 12.8 Å². The van der Waals surface area contributed by atoms with Gasteiger partial charge in [0.05, 0.1) is 0 Å². The Morgan fingerprint density at radius 3 is 1.29 bits per heavy atom. The van der Waals surface area contributed by atoms with Crippen LogP contribution in [0.4, 0.5) is 0 Å². The molecule has 1 N–H and O–H groups in total. The van der Waals surface area contributed by atoms with Gasteiger partial charge in [0.1, 0.15) is 0 Å². The molecule has 6 heteroatoms. The predicted octanol–water partition coefficient (Wildman–Crippen LogP) is 8.69. The van der Waals surface area contributed by atoms with Gasteiger partial charge in [-0.25, -0.2) is 0 Å². The lowest BCUT2D eigenvalue weighted by atomic mass is 10.1. The van der Waals surface area contributed by atoms with E-state index in [9.17, 15) is 0 Å². The fourth-order valence-corrected chi connectivity index (χ4v) is 5.55. The second-order valence-corrected chi connectivity index (χ2v) is 10.4. The molecule has 0 aromatic carbocycles. The SMILES string of the molecule is [N-]=[N+]=NCCCCCCCCCCCSSCCCCCCCCCCCO. The van der Waals surface area contributed by atoms with Crippen molar-refractivity contribution in [2.24, 2.45) is 5.11 Å². The van der Waals surface area contributed by atoms with Gasteiger partial charge >= 0.3 is 0 Å². The molecule has 0 saturated carbocycles. The summed E-state index contributed by atoms with van der Waals surface area (Å²) >= 11 is 0. The first-order valence-corrected chi connectivity index (χ1v) is 14.3. The minimum absolute atomic E-state index is 0.360. The van der Waals surface area contributed by atoms with Crippen LogP contribution in [-0.2, 0) is 0 Å². The van der Waals surface area contributed by atoms with E-state index in [-0.39, 0.29) is 0 Å². The molecule has 0 spiro atoms. The summed E-state index contributed by atoms with van der Waals surface area (Å²) in [5.41, 5.74) is 8.19. The summed E-state index contributed by atoms with van der Waals surface area (Å²) in [5, 5.41) is 12.3. The van der Waals surface area contributed by atoms with Gasteiger partial charge in [-0.3, -0.25) is 0 Å². The minimum atomic E-state index is 0.360. The summed E-state index contributed by atoms with van der Waals surface area (Å²) < 4.78 is 0. The average molecular weight is 432 g/mol. The number of hydrogen-bond acceptors (Lipinski definition) is 4. The zero-order valence-corrected chi connectivity index (χ0v) is 19.8. The van der Waals surface area contributed by atoms with Crippen LogP contribution >= 0.6 is 21.6 Å². The molecule has 0 fully saturated rings. The Morgan fingerprint density at radius 2 is 0.893 bits per heavy atom. The summed E-state index contributed by atoms with van der Waals surface area (Å²) in [7, 11) is 4.15. The fourth-order valence-electron chi connectivity index (χ4n) is 3.25. The third-order valence-corrected chi connectivity index (χ3v) is 7.60. The molecule has 28 heavy (non-hydrogen) atoms. The lowest BCUT2D eigenvalue weighted by Crippen LogP contribution is -1.85. The van der Waals surface area contributed by atoms with Crippen molar-refractivity contribution in [1.29, 1.82) is 0 Å². The zero-order chi connectivity index (χ0) is 20.4. The summed E-state index contributed by atoms with van der Waals surface area (Å²) in [6.07, 6.45) is 23.6. The van der Waals surface area contributed by atoms with Crippen LogP contribution in [0.3, 0.4) is 0 Å². The van der Waals surface area contributed by atoms with Crippen molar-refractivity contribution in [2.45, 2.75) is 116 Å². The first kappa shape index (κ1) is 28.0. The number of aliphatic hydroxyl groups is 1. The molecule has 0 bridgehead atoms. The van der Waals surface area contributed by atoms with E-state index in [1.54, 1.807) is 0 Å². The lowest BCUT2D eigenvalue weighted by Gasteiger charge is -2.04. The van der Waals surface area contributed by atoms with Crippen molar-refractivity contribution in [2.75, 3.05) is 24.7 Å². The standard InChI is InChI=1S/C22H45N3OS2/c23-25-24-19-15-11-7-3-1-5-9-13-17-21-27-28-22-18-14-10-6-2-4-8-12-16-20-26/h26H,1-22H2. The molecular weight excluding hydrogens is 386 g/mol. The number of hydrogen-bond donors (Lipinski definition) is 1. The van der Waals surface area contributed by atoms with Crippen LogP contribution in [0.1, 0.15) is 116 Å². The fraction of sp³-hybridized carbons (Fsp3) is 1.00. The van der Waals surface area contributed by atoms with Gasteiger partial charge in [0.25, 0.3) is 0 Å². The molecule has 0 saturated heterocycles. The number of azide groups is 1. The molecule has 0 heterocycles. The summed E-state index contributed by atoms with van der Waals surface area (Å²) in [5.74, 6) is 2.64. The molecule has 0 rings (SSSR count). The molecule has 166 valence electrons. The highest BCUT2D eigenvalue weighted by atomic mass is 33.1. The molecule has 0 aliphatic carbocycles. The predicted molar refractivity (Wildman–Crippen MR) is 129 cm³/mol. The first-order valence-electron chi connectivity index (χ1n) is 11.8.